The second-order valence-electron chi connectivity index (χ2n) is 6.46. The lowest BCUT2D eigenvalue weighted by Gasteiger charge is -2.07. The highest BCUT2D eigenvalue weighted by Crippen LogP contribution is 2.13. The number of aryl methyl sites for hydroxylation is 2. The van der Waals surface area contributed by atoms with Gasteiger partial charge in [0.1, 0.15) is 0 Å². The van der Waals surface area contributed by atoms with Crippen molar-refractivity contribution < 1.29 is 0 Å². The van der Waals surface area contributed by atoms with E-state index < -0.39 is 0 Å². The molecule has 21 heavy (non-hydrogen) atoms. The van der Waals surface area contributed by atoms with Crippen LogP contribution in [0.3, 0.4) is 0 Å². The Morgan fingerprint density at radius 3 is 1.71 bits per heavy atom. The molecular weight excluding hydrogens is 252 g/mol. The van der Waals surface area contributed by atoms with Crippen LogP contribution in [0, 0.1) is 5.92 Å². The lowest BCUT2D eigenvalue weighted by atomic mass is 9.99. The quantitative estimate of drug-likeness (QED) is 0.533. The van der Waals surface area contributed by atoms with E-state index in [1.807, 2.05) is 0 Å². The number of unbranched alkanes of at least 4 members (excludes halogenated alkanes) is 2. The molecule has 0 nitrogen and oxygen atoms in total. The molecule has 0 amide bonds. The topological polar surface area (TPSA) is 0 Å². The van der Waals surface area contributed by atoms with Crippen molar-refractivity contribution in [1.29, 1.82) is 0 Å². The van der Waals surface area contributed by atoms with Crippen LogP contribution in [0.1, 0.15) is 49.8 Å². The van der Waals surface area contributed by atoms with Crippen LogP contribution in [0.5, 0.6) is 0 Å². The summed E-state index contributed by atoms with van der Waals surface area (Å²) in [6.45, 7) is 4.56. The Bertz CT molecular complexity index is 493. The van der Waals surface area contributed by atoms with E-state index in [4.69, 9.17) is 0 Å². The summed E-state index contributed by atoms with van der Waals surface area (Å²) >= 11 is 0. The zero-order chi connectivity index (χ0) is 14.9. The van der Waals surface area contributed by atoms with Crippen LogP contribution in [0.2, 0.25) is 0 Å². The Hall–Kier alpha value is -1.56. The van der Waals surface area contributed by atoms with Gasteiger partial charge in [0.05, 0.1) is 0 Å². The van der Waals surface area contributed by atoms with Crippen molar-refractivity contribution in [1.82, 2.24) is 0 Å². The fraction of sp³-hybridized carbons (Fsp3) is 0.429. The van der Waals surface area contributed by atoms with E-state index in [0.717, 1.165) is 5.92 Å². The van der Waals surface area contributed by atoms with Gasteiger partial charge in [0.25, 0.3) is 0 Å². The van der Waals surface area contributed by atoms with Crippen LogP contribution in [0.4, 0.5) is 0 Å². The SMILES string of the molecule is CC(C)Cc1ccc(CCCCCc2ccccc2)cc1. The molecule has 0 heterocycles. The van der Waals surface area contributed by atoms with Crippen molar-refractivity contribution in [3.05, 3.63) is 71.3 Å². The third-order valence-electron chi connectivity index (χ3n) is 3.94. The molecule has 0 aromatic heterocycles. The average Bonchev–Trinajstić information content (AvgIpc) is 2.49. The van der Waals surface area contributed by atoms with Crippen molar-refractivity contribution in [3.63, 3.8) is 0 Å². The summed E-state index contributed by atoms with van der Waals surface area (Å²) in [7, 11) is 0. The van der Waals surface area contributed by atoms with Crippen LogP contribution >= 0.6 is 0 Å². The molecule has 0 bridgehead atoms. The smallest absolute Gasteiger partial charge is 0.0256 e. The Balaban J connectivity index is 1.64. The zero-order valence-electron chi connectivity index (χ0n) is 13.5. The molecule has 0 spiro atoms. The van der Waals surface area contributed by atoms with Gasteiger partial charge in [-0.2, -0.15) is 0 Å². The molecule has 0 N–H and O–H groups in total. The Kier molecular flexibility index (Phi) is 6.53. The van der Waals surface area contributed by atoms with Gasteiger partial charge < -0.3 is 0 Å². The molecule has 0 radical (unpaired) electrons. The number of rotatable bonds is 8. The average molecular weight is 280 g/mol. The summed E-state index contributed by atoms with van der Waals surface area (Å²) in [5.74, 6) is 0.744. The van der Waals surface area contributed by atoms with Gasteiger partial charge in [0.15, 0.2) is 0 Å². The highest BCUT2D eigenvalue weighted by atomic mass is 14.0. The maximum atomic E-state index is 2.31. The molecule has 0 heteroatoms. The second kappa shape index (κ2) is 8.67. The van der Waals surface area contributed by atoms with E-state index in [-0.39, 0.29) is 0 Å². The summed E-state index contributed by atoms with van der Waals surface area (Å²) in [5, 5.41) is 0. The van der Waals surface area contributed by atoms with Gasteiger partial charge in [-0.25, -0.2) is 0 Å². The van der Waals surface area contributed by atoms with Crippen LogP contribution < -0.4 is 0 Å². The highest BCUT2D eigenvalue weighted by Gasteiger charge is 1.99. The lowest BCUT2D eigenvalue weighted by Crippen LogP contribution is -1.94. The van der Waals surface area contributed by atoms with Gasteiger partial charge in [-0.1, -0.05) is 74.9 Å². The summed E-state index contributed by atoms with van der Waals surface area (Å²) in [6.07, 6.45) is 7.55. The Morgan fingerprint density at radius 1 is 0.619 bits per heavy atom. The van der Waals surface area contributed by atoms with Crippen molar-refractivity contribution >= 4 is 0 Å². The van der Waals surface area contributed by atoms with Gasteiger partial charge in [-0.3, -0.25) is 0 Å². The third-order valence-corrected chi connectivity index (χ3v) is 3.94. The summed E-state index contributed by atoms with van der Waals surface area (Å²) in [5.41, 5.74) is 4.43. The van der Waals surface area contributed by atoms with Crippen molar-refractivity contribution in [3.8, 4) is 0 Å². The summed E-state index contributed by atoms with van der Waals surface area (Å²) in [4.78, 5) is 0. The first-order valence-corrected chi connectivity index (χ1v) is 8.36. The first kappa shape index (κ1) is 15.8. The van der Waals surface area contributed by atoms with Crippen molar-refractivity contribution in [2.45, 2.75) is 52.4 Å². The maximum absolute atomic E-state index is 2.31. The highest BCUT2D eigenvalue weighted by molar-refractivity contribution is 5.23. The number of hydrogen-bond donors (Lipinski definition) is 0. The van der Waals surface area contributed by atoms with E-state index in [1.54, 1.807) is 0 Å². The van der Waals surface area contributed by atoms with Gasteiger partial charge in [-0.05, 0) is 54.7 Å². The number of hydrogen-bond acceptors (Lipinski definition) is 0. The second-order valence-corrected chi connectivity index (χ2v) is 6.46. The molecule has 0 saturated carbocycles. The molecule has 0 fully saturated rings. The molecule has 0 atom stereocenters. The summed E-state index contributed by atoms with van der Waals surface area (Å²) < 4.78 is 0. The van der Waals surface area contributed by atoms with Gasteiger partial charge in [-0.15, -0.1) is 0 Å². The molecular formula is C21H28. The minimum Gasteiger partial charge on any atom is -0.0625 e. The van der Waals surface area contributed by atoms with Crippen LogP contribution in [-0.4, -0.2) is 0 Å². The van der Waals surface area contributed by atoms with Gasteiger partial charge >= 0.3 is 0 Å². The predicted molar refractivity (Wildman–Crippen MR) is 92.7 cm³/mol. The molecule has 0 aliphatic carbocycles. The van der Waals surface area contributed by atoms with E-state index in [0.29, 0.717) is 0 Å². The first-order chi connectivity index (χ1) is 10.2. The number of benzene rings is 2. The molecule has 0 aliphatic heterocycles. The molecule has 0 saturated heterocycles. The van der Waals surface area contributed by atoms with E-state index in [1.165, 1.54) is 55.2 Å². The van der Waals surface area contributed by atoms with Crippen LogP contribution in [-0.2, 0) is 19.3 Å². The largest absolute Gasteiger partial charge is 0.0625 e. The molecule has 2 rings (SSSR count). The molecule has 112 valence electrons. The lowest BCUT2D eigenvalue weighted by molar-refractivity contribution is 0.646. The van der Waals surface area contributed by atoms with E-state index >= 15 is 0 Å². The van der Waals surface area contributed by atoms with E-state index in [9.17, 15) is 0 Å². The van der Waals surface area contributed by atoms with Gasteiger partial charge in [0.2, 0.25) is 0 Å². The fourth-order valence-corrected chi connectivity index (χ4v) is 2.79. The molecule has 0 unspecified atom stereocenters. The first-order valence-electron chi connectivity index (χ1n) is 8.36. The monoisotopic (exact) mass is 280 g/mol. The van der Waals surface area contributed by atoms with Crippen LogP contribution in [0.25, 0.3) is 0 Å². The molecule has 2 aromatic carbocycles. The zero-order valence-corrected chi connectivity index (χ0v) is 13.5. The third kappa shape index (κ3) is 6.16. The fourth-order valence-electron chi connectivity index (χ4n) is 2.79. The Morgan fingerprint density at radius 2 is 1.14 bits per heavy atom. The normalized spacial score (nSPS) is 11.0. The van der Waals surface area contributed by atoms with Crippen LogP contribution in [0.15, 0.2) is 54.6 Å². The van der Waals surface area contributed by atoms with Crippen molar-refractivity contribution in [2.75, 3.05) is 0 Å². The standard InChI is InChI=1S/C21H28/c1-18(2)17-21-15-13-20(14-16-21)12-8-4-7-11-19-9-5-3-6-10-19/h3,5-6,9-10,13-16,18H,4,7-8,11-12,17H2,1-2H3. The maximum Gasteiger partial charge on any atom is -0.0256 e. The minimum atomic E-state index is 0.744. The Labute approximate surface area is 130 Å². The molecule has 0 aliphatic rings. The van der Waals surface area contributed by atoms with E-state index in [2.05, 4.69) is 68.4 Å². The predicted octanol–water partition coefficient (Wildman–Crippen LogP) is 5.84. The van der Waals surface area contributed by atoms with Crippen molar-refractivity contribution in [2.24, 2.45) is 5.92 Å². The summed E-state index contributed by atoms with van der Waals surface area (Å²) in [6, 6.07) is 20.1. The molecule has 2 aromatic rings. The minimum absolute atomic E-state index is 0.744. The van der Waals surface area contributed by atoms with Gasteiger partial charge in [0, 0.05) is 0 Å².